The summed E-state index contributed by atoms with van der Waals surface area (Å²) in [5.74, 6) is 0.665. The van der Waals surface area contributed by atoms with Gasteiger partial charge in [0.2, 0.25) is 0 Å². The maximum absolute atomic E-state index is 13.7. The first-order chi connectivity index (χ1) is 15.2. The third-order valence-electron chi connectivity index (χ3n) is 5.73. The Kier molecular flexibility index (Phi) is 5.38. The van der Waals surface area contributed by atoms with Crippen molar-refractivity contribution in [2.45, 2.75) is 32.2 Å². The summed E-state index contributed by atoms with van der Waals surface area (Å²) in [6, 6.07) is 15.8. The van der Waals surface area contributed by atoms with Crippen LogP contribution >= 0.6 is 11.3 Å². The van der Waals surface area contributed by atoms with Crippen molar-refractivity contribution in [2.75, 3.05) is 12.0 Å². The van der Waals surface area contributed by atoms with Crippen LogP contribution in [-0.4, -0.2) is 23.0 Å². The predicted molar refractivity (Wildman–Crippen MR) is 124 cm³/mol. The third-order valence-corrected chi connectivity index (χ3v) is 6.77. The Hall–Kier alpha value is -3.25. The summed E-state index contributed by atoms with van der Waals surface area (Å²) in [6.07, 6.45) is 8.07. The molecule has 4 aromatic rings. The molecule has 1 amide bonds. The largest absolute Gasteiger partial charge is 0.494 e. The number of hydrogen-bond donors (Lipinski definition) is 0. The molecule has 1 aliphatic carbocycles. The van der Waals surface area contributed by atoms with Crippen molar-refractivity contribution in [1.29, 1.82) is 0 Å². The lowest BCUT2D eigenvalue weighted by Crippen LogP contribution is -2.30. The van der Waals surface area contributed by atoms with Crippen LogP contribution in [0.1, 0.15) is 39.9 Å². The Morgan fingerprint density at radius 3 is 2.77 bits per heavy atom. The molecule has 0 atom stereocenters. The summed E-state index contributed by atoms with van der Waals surface area (Å²) < 4.78 is 6.47. The number of carbonyl (C=O) groups excluding carboxylic acids is 1. The zero-order chi connectivity index (χ0) is 21.2. The molecule has 1 aliphatic rings. The number of para-hydroxylation sites is 1. The first-order valence-electron chi connectivity index (χ1n) is 10.5. The van der Waals surface area contributed by atoms with Crippen LogP contribution in [0.25, 0.3) is 10.2 Å². The van der Waals surface area contributed by atoms with E-state index in [0.29, 0.717) is 23.0 Å². The number of anilines is 1. The van der Waals surface area contributed by atoms with E-state index in [4.69, 9.17) is 9.72 Å². The Morgan fingerprint density at radius 1 is 1.10 bits per heavy atom. The lowest BCUT2D eigenvalue weighted by molar-refractivity contribution is 0.0985. The second kappa shape index (κ2) is 8.47. The molecular weight excluding hydrogens is 406 g/mol. The minimum absolute atomic E-state index is 0.0461. The van der Waals surface area contributed by atoms with Crippen LogP contribution in [0.4, 0.5) is 5.13 Å². The number of rotatable bonds is 5. The van der Waals surface area contributed by atoms with Crippen molar-refractivity contribution < 1.29 is 9.53 Å². The number of thiazole rings is 1. The van der Waals surface area contributed by atoms with E-state index in [1.54, 1.807) is 24.4 Å². The number of amides is 1. The zero-order valence-corrected chi connectivity index (χ0v) is 18.2. The molecule has 6 heteroatoms. The van der Waals surface area contributed by atoms with Gasteiger partial charge in [0.15, 0.2) is 5.13 Å². The molecular formula is C25H23N3O2S. The van der Waals surface area contributed by atoms with Gasteiger partial charge >= 0.3 is 0 Å². The van der Waals surface area contributed by atoms with Crippen LogP contribution in [0.15, 0.2) is 60.9 Å². The Labute approximate surface area is 185 Å². The highest BCUT2D eigenvalue weighted by Gasteiger charge is 2.24. The van der Waals surface area contributed by atoms with E-state index in [1.807, 2.05) is 36.4 Å². The molecule has 0 unspecified atom stereocenters. The van der Waals surface area contributed by atoms with Crippen molar-refractivity contribution in [2.24, 2.45) is 0 Å². The van der Waals surface area contributed by atoms with Crippen molar-refractivity contribution >= 4 is 32.6 Å². The minimum Gasteiger partial charge on any atom is -0.494 e. The van der Waals surface area contributed by atoms with Crippen molar-refractivity contribution in [3.05, 3.63) is 83.2 Å². The van der Waals surface area contributed by atoms with Gasteiger partial charge in [-0.3, -0.25) is 14.7 Å². The van der Waals surface area contributed by atoms with Gasteiger partial charge in [-0.15, -0.1) is 0 Å². The maximum atomic E-state index is 13.7. The summed E-state index contributed by atoms with van der Waals surface area (Å²) in [7, 11) is 1.64. The molecule has 2 aromatic heterocycles. The standard InChI is InChI=1S/C25H23N3O2S/c1-30-21-9-4-10-22-23(21)27-25(31-22)28(16-17-6-5-13-26-15-17)24(29)20-12-11-18-7-2-3-8-19(18)14-20/h4-6,9-15H,2-3,7-8,16H2,1H3. The van der Waals surface area contributed by atoms with Crippen LogP contribution < -0.4 is 9.64 Å². The first kappa shape index (κ1) is 19.7. The number of pyridine rings is 1. The van der Waals surface area contributed by atoms with Gasteiger partial charge in [0.05, 0.1) is 18.4 Å². The number of methoxy groups -OCH3 is 1. The van der Waals surface area contributed by atoms with Crippen LogP contribution in [0, 0.1) is 0 Å². The van der Waals surface area contributed by atoms with Crippen LogP contribution in [0.5, 0.6) is 5.75 Å². The van der Waals surface area contributed by atoms with Crippen LogP contribution in [-0.2, 0) is 19.4 Å². The number of fused-ring (bicyclic) bond motifs is 2. The fourth-order valence-electron chi connectivity index (χ4n) is 4.11. The number of carbonyl (C=O) groups is 1. The molecule has 0 fully saturated rings. The van der Waals surface area contributed by atoms with Gasteiger partial charge < -0.3 is 4.74 Å². The highest BCUT2D eigenvalue weighted by atomic mass is 32.1. The molecule has 31 heavy (non-hydrogen) atoms. The number of ether oxygens (including phenoxy) is 1. The molecule has 156 valence electrons. The fourth-order valence-corrected chi connectivity index (χ4v) is 5.10. The molecule has 0 bridgehead atoms. The van der Waals surface area contributed by atoms with E-state index in [9.17, 15) is 4.79 Å². The van der Waals surface area contributed by atoms with Crippen LogP contribution in [0.2, 0.25) is 0 Å². The molecule has 5 rings (SSSR count). The summed E-state index contributed by atoms with van der Waals surface area (Å²) in [5.41, 5.74) is 5.10. The molecule has 0 spiro atoms. The topological polar surface area (TPSA) is 55.3 Å². The summed E-state index contributed by atoms with van der Waals surface area (Å²) >= 11 is 1.50. The Balaban J connectivity index is 1.56. The molecule has 0 aliphatic heterocycles. The molecule has 2 aromatic carbocycles. The monoisotopic (exact) mass is 429 g/mol. The number of hydrogen-bond acceptors (Lipinski definition) is 5. The molecule has 0 radical (unpaired) electrons. The van der Waals surface area contributed by atoms with E-state index in [-0.39, 0.29) is 5.91 Å². The predicted octanol–water partition coefficient (Wildman–Crippen LogP) is 5.43. The van der Waals surface area contributed by atoms with Crippen molar-refractivity contribution in [3.63, 3.8) is 0 Å². The summed E-state index contributed by atoms with van der Waals surface area (Å²) in [5, 5.41) is 0.658. The number of aryl methyl sites for hydroxylation is 2. The average molecular weight is 430 g/mol. The minimum atomic E-state index is -0.0461. The second-order valence-corrected chi connectivity index (χ2v) is 8.76. The van der Waals surface area contributed by atoms with E-state index < -0.39 is 0 Å². The highest BCUT2D eigenvalue weighted by molar-refractivity contribution is 7.22. The lowest BCUT2D eigenvalue weighted by Gasteiger charge is -2.22. The maximum Gasteiger partial charge on any atom is 0.260 e. The van der Waals surface area contributed by atoms with E-state index in [1.165, 1.54) is 35.3 Å². The Bertz CT molecular complexity index is 1240. The highest BCUT2D eigenvalue weighted by Crippen LogP contribution is 2.35. The molecule has 0 N–H and O–H groups in total. The summed E-state index contributed by atoms with van der Waals surface area (Å²) in [6.45, 7) is 0.409. The smallest absolute Gasteiger partial charge is 0.260 e. The molecule has 5 nitrogen and oxygen atoms in total. The van der Waals surface area contributed by atoms with Crippen molar-refractivity contribution in [3.8, 4) is 5.75 Å². The van der Waals surface area contributed by atoms with Gasteiger partial charge in [-0.05, 0) is 72.7 Å². The van der Waals surface area contributed by atoms with Crippen LogP contribution in [0.3, 0.4) is 0 Å². The molecule has 0 saturated carbocycles. The fraction of sp³-hybridized carbons (Fsp3) is 0.240. The quantitative estimate of drug-likeness (QED) is 0.425. The first-order valence-corrected chi connectivity index (χ1v) is 11.3. The SMILES string of the molecule is COc1cccc2sc(N(Cc3cccnc3)C(=O)c3ccc4c(c3)CCCC4)nc12. The van der Waals surface area contributed by atoms with Gasteiger partial charge in [-0.1, -0.05) is 29.5 Å². The van der Waals surface area contributed by atoms with Crippen molar-refractivity contribution in [1.82, 2.24) is 9.97 Å². The number of aromatic nitrogens is 2. The number of benzene rings is 2. The van der Waals surface area contributed by atoms with E-state index in [2.05, 4.69) is 17.1 Å². The number of nitrogens with zero attached hydrogens (tertiary/aromatic N) is 3. The molecule has 0 saturated heterocycles. The lowest BCUT2D eigenvalue weighted by atomic mass is 9.90. The van der Waals surface area contributed by atoms with Gasteiger partial charge in [-0.25, -0.2) is 4.98 Å². The average Bonchev–Trinajstić information content (AvgIpc) is 3.26. The zero-order valence-electron chi connectivity index (χ0n) is 17.4. The normalized spacial score (nSPS) is 13.1. The second-order valence-electron chi connectivity index (χ2n) is 7.75. The van der Waals surface area contributed by atoms with E-state index in [0.717, 1.165) is 28.6 Å². The van der Waals surface area contributed by atoms with Gasteiger partial charge in [0, 0.05) is 18.0 Å². The van der Waals surface area contributed by atoms with Gasteiger partial charge in [0.25, 0.3) is 5.91 Å². The van der Waals surface area contributed by atoms with Gasteiger partial charge in [-0.2, -0.15) is 0 Å². The van der Waals surface area contributed by atoms with Gasteiger partial charge in [0.1, 0.15) is 11.3 Å². The van der Waals surface area contributed by atoms with E-state index >= 15 is 0 Å². The Morgan fingerprint density at radius 2 is 1.97 bits per heavy atom. The summed E-state index contributed by atoms with van der Waals surface area (Å²) in [4.78, 5) is 24.5. The third kappa shape index (κ3) is 3.91. The molecule has 2 heterocycles.